The first-order chi connectivity index (χ1) is 10.2. The predicted molar refractivity (Wildman–Crippen MR) is 79.1 cm³/mol. The summed E-state index contributed by atoms with van der Waals surface area (Å²) in [5.41, 5.74) is 5.55. The standard InChI is InChI=1S/C15H15N3O3/c1-21-13-10-6-5-9-12(13)16-15(20)18-17-14(19)11-7-3-2-4-8-11/h2-10H,1H3,(H,17,19)(H2,16,18,20). The summed E-state index contributed by atoms with van der Waals surface area (Å²) in [5, 5.41) is 2.58. The zero-order valence-electron chi connectivity index (χ0n) is 11.4. The highest BCUT2D eigenvalue weighted by atomic mass is 16.5. The topological polar surface area (TPSA) is 79.5 Å². The molecular formula is C15H15N3O3. The minimum Gasteiger partial charge on any atom is -0.495 e. The Morgan fingerprint density at radius 3 is 2.29 bits per heavy atom. The maximum absolute atomic E-state index is 11.7. The lowest BCUT2D eigenvalue weighted by atomic mass is 10.2. The first-order valence-electron chi connectivity index (χ1n) is 6.26. The quantitative estimate of drug-likeness (QED) is 0.756. The molecule has 21 heavy (non-hydrogen) atoms. The van der Waals surface area contributed by atoms with Crippen molar-refractivity contribution >= 4 is 17.6 Å². The van der Waals surface area contributed by atoms with E-state index in [1.54, 1.807) is 54.6 Å². The number of benzene rings is 2. The van der Waals surface area contributed by atoms with Crippen LogP contribution in [0.2, 0.25) is 0 Å². The van der Waals surface area contributed by atoms with Gasteiger partial charge in [0.15, 0.2) is 0 Å². The fourth-order valence-electron chi connectivity index (χ4n) is 1.68. The van der Waals surface area contributed by atoms with Crippen molar-refractivity contribution in [3.05, 3.63) is 60.2 Å². The molecule has 108 valence electrons. The van der Waals surface area contributed by atoms with Crippen LogP contribution in [0.25, 0.3) is 0 Å². The van der Waals surface area contributed by atoms with E-state index in [9.17, 15) is 9.59 Å². The van der Waals surface area contributed by atoms with Crippen molar-refractivity contribution in [1.82, 2.24) is 10.9 Å². The van der Waals surface area contributed by atoms with E-state index in [1.165, 1.54) is 7.11 Å². The zero-order valence-corrected chi connectivity index (χ0v) is 11.4. The number of hydrogen-bond donors (Lipinski definition) is 3. The van der Waals surface area contributed by atoms with Crippen LogP contribution in [0.3, 0.4) is 0 Å². The molecule has 2 aromatic rings. The van der Waals surface area contributed by atoms with Gasteiger partial charge in [0.05, 0.1) is 12.8 Å². The van der Waals surface area contributed by atoms with Crippen LogP contribution < -0.4 is 20.9 Å². The Bertz CT molecular complexity index is 629. The number of carbonyl (C=O) groups is 2. The molecule has 2 aromatic carbocycles. The maximum Gasteiger partial charge on any atom is 0.338 e. The number of amides is 3. The summed E-state index contributed by atoms with van der Waals surface area (Å²) >= 11 is 0. The second-order valence-electron chi connectivity index (χ2n) is 4.10. The Morgan fingerprint density at radius 1 is 0.905 bits per heavy atom. The Hall–Kier alpha value is -3.02. The van der Waals surface area contributed by atoms with Gasteiger partial charge in [-0.1, -0.05) is 30.3 Å². The number of hydrogen-bond acceptors (Lipinski definition) is 3. The van der Waals surface area contributed by atoms with Gasteiger partial charge in [-0.25, -0.2) is 10.2 Å². The number of para-hydroxylation sites is 2. The summed E-state index contributed by atoms with van der Waals surface area (Å²) < 4.78 is 5.11. The van der Waals surface area contributed by atoms with Gasteiger partial charge in [-0.2, -0.15) is 0 Å². The molecule has 0 atom stereocenters. The molecule has 0 unspecified atom stereocenters. The molecule has 0 aliphatic rings. The van der Waals surface area contributed by atoms with Crippen molar-refractivity contribution in [1.29, 1.82) is 0 Å². The van der Waals surface area contributed by atoms with Crippen molar-refractivity contribution in [2.75, 3.05) is 12.4 Å². The van der Waals surface area contributed by atoms with Crippen molar-refractivity contribution in [2.24, 2.45) is 0 Å². The van der Waals surface area contributed by atoms with Crippen LogP contribution in [-0.2, 0) is 0 Å². The number of methoxy groups -OCH3 is 1. The van der Waals surface area contributed by atoms with Gasteiger partial charge < -0.3 is 10.1 Å². The molecule has 0 heterocycles. The number of anilines is 1. The van der Waals surface area contributed by atoms with E-state index in [2.05, 4.69) is 16.2 Å². The molecule has 3 N–H and O–H groups in total. The van der Waals surface area contributed by atoms with E-state index in [0.717, 1.165) is 0 Å². The van der Waals surface area contributed by atoms with Crippen LogP contribution in [0.15, 0.2) is 54.6 Å². The number of urea groups is 1. The van der Waals surface area contributed by atoms with Gasteiger partial charge in [0, 0.05) is 5.56 Å². The number of carbonyl (C=O) groups excluding carboxylic acids is 2. The van der Waals surface area contributed by atoms with Crippen molar-refractivity contribution in [2.45, 2.75) is 0 Å². The van der Waals surface area contributed by atoms with Gasteiger partial charge in [0.2, 0.25) is 0 Å². The number of hydrazine groups is 1. The fourth-order valence-corrected chi connectivity index (χ4v) is 1.68. The molecule has 6 nitrogen and oxygen atoms in total. The third kappa shape index (κ3) is 3.97. The van der Waals surface area contributed by atoms with Gasteiger partial charge >= 0.3 is 6.03 Å². The van der Waals surface area contributed by atoms with E-state index in [0.29, 0.717) is 17.0 Å². The Balaban J connectivity index is 1.89. The SMILES string of the molecule is COc1ccccc1NC(=O)NNC(=O)c1ccccc1. The van der Waals surface area contributed by atoms with Crippen LogP contribution >= 0.6 is 0 Å². The molecule has 0 aromatic heterocycles. The number of nitrogens with one attached hydrogen (secondary N) is 3. The first-order valence-corrected chi connectivity index (χ1v) is 6.26. The lowest BCUT2D eigenvalue weighted by molar-refractivity contribution is 0.0938. The summed E-state index contributed by atoms with van der Waals surface area (Å²) in [6.07, 6.45) is 0. The normalized spacial score (nSPS) is 9.57. The third-order valence-corrected chi connectivity index (χ3v) is 2.68. The van der Waals surface area contributed by atoms with E-state index in [4.69, 9.17) is 4.74 Å². The number of rotatable bonds is 3. The molecular weight excluding hydrogens is 270 g/mol. The van der Waals surface area contributed by atoms with Crippen molar-refractivity contribution in [3.63, 3.8) is 0 Å². The minimum absolute atomic E-state index is 0.397. The van der Waals surface area contributed by atoms with Crippen molar-refractivity contribution in [3.8, 4) is 5.75 Å². The molecule has 0 radical (unpaired) electrons. The summed E-state index contributed by atoms with van der Waals surface area (Å²) in [6.45, 7) is 0. The monoisotopic (exact) mass is 285 g/mol. The van der Waals surface area contributed by atoms with Crippen LogP contribution in [0.1, 0.15) is 10.4 Å². The van der Waals surface area contributed by atoms with Gasteiger partial charge in [-0.3, -0.25) is 10.2 Å². The molecule has 2 rings (SSSR count). The van der Waals surface area contributed by atoms with E-state index in [1.807, 2.05) is 0 Å². The van der Waals surface area contributed by atoms with Crippen molar-refractivity contribution < 1.29 is 14.3 Å². The Morgan fingerprint density at radius 2 is 1.57 bits per heavy atom. The third-order valence-electron chi connectivity index (χ3n) is 2.68. The molecule has 0 fully saturated rings. The summed E-state index contributed by atoms with van der Waals surface area (Å²) in [5.74, 6) is 0.132. The molecule has 3 amide bonds. The van der Waals surface area contributed by atoms with Gasteiger partial charge in [-0.05, 0) is 24.3 Å². The van der Waals surface area contributed by atoms with Crippen LogP contribution in [0.5, 0.6) is 5.75 Å². The number of ether oxygens (including phenoxy) is 1. The van der Waals surface area contributed by atoms with E-state index in [-0.39, 0.29) is 0 Å². The molecule has 0 saturated carbocycles. The fraction of sp³-hybridized carbons (Fsp3) is 0.0667. The van der Waals surface area contributed by atoms with Gasteiger partial charge in [0.1, 0.15) is 5.75 Å². The first kappa shape index (κ1) is 14.4. The smallest absolute Gasteiger partial charge is 0.338 e. The highest BCUT2D eigenvalue weighted by Gasteiger charge is 2.08. The van der Waals surface area contributed by atoms with Crippen LogP contribution in [-0.4, -0.2) is 19.0 Å². The summed E-state index contributed by atoms with van der Waals surface area (Å²) in [4.78, 5) is 23.5. The van der Waals surface area contributed by atoms with Gasteiger partial charge in [-0.15, -0.1) is 0 Å². The minimum atomic E-state index is -0.566. The summed E-state index contributed by atoms with van der Waals surface area (Å²) in [7, 11) is 1.51. The molecule has 0 bridgehead atoms. The largest absolute Gasteiger partial charge is 0.495 e. The predicted octanol–water partition coefficient (Wildman–Crippen LogP) is 2.16. The average molecular weight is 285 g/mol. The average Bonchev–Trinajstić information content (AvgIpc) is 2.54. The van der Waals surface area contributed by atoms with Crippen LogP contribution in [0, 0.1) is 0 Å². The summed E-state index contributed by atoms with van der Waals surface area (Å²) in [6, 6.07) is 15.0. The molecule has 0 saturated heterocycles. The van der Waals surface area contributed by atoms with E-state index >= 15 is 0 Å². The molecule has 0 aliphatic heterocycles. The lowest BCUT2D eigenvalue weighted by Crippen LogP contribution is -2.43. The maximum atomic E-state index is 11.7. The van der Waals surface area contributed by atoms with Gasteiger partial charge in [0.25, 0.3) is 5.91 Å². The highest BCUT2D eigenvalue weighted by Crippen LogP contribution is 2.22. The molecule has 6 heteroatoms. The molecule has 0 spiro atoms. The Labute approximate surface area is 122 Å². The Kier molecular flexibility index (Phi) is 4.76. The zero-order chi connectivity index (χ0) is 15.1. The second-order valence-corrected chi connectivity index (χ2v) is 4.10. The highest BCUT2D eigenvalue weighted by molar-refractivity contribution is 5.97. The lowest BCUT2D eigenvalue weighted by Gasteiger charge is -2.11. The second kappa shape index (κ2) is 6.95. The molecule has 0 aliphatic carbocycles. The van der Waals surface area contributed by atoms with E-state index < -0.39 is 11.9 Å². The van der Waals surface area contributed by atoms with Crippen LogP contribution in [0.4, 0.5) is 10.5 Å².